The lowest BCUT2D eigenvalue weighted by Crippen LogP contribution is -2.28. The van der Waals surface area contributed by atoms with Crippen LogP contribution < -0.4 is 10.1 Å². The van der Waals surface area contributed by atoms with E-state index in [-0.39, 0.29) is 5.91 Å². The van der Waals surface area contributed by atoms with E-state index in [4.69, 9.17) is 10.00 Å². The SMILES string of the molecule is N#Cc1ccc(C(=O)NCCOc2cccc3ccccc23)[nH]1. The molecule has 3 rings (SSSR count). The largest absolute Gasteiger partial charge is 0.491 e. The summed E-state index contributed by atoms with van der Waals surface area (Å²) in [4.78, 5) is 14.6. The van der Waals surface area contributed by atoms with E-state index in [2.05, 4.69) is 10.3 Å². The van der Waals surface area contributed by atoms with Gasteiger partial charge in [0, 0.05) is 5.39 Å². The molecular weight excluding hydrogens is 290 g/mol. The predicted molar refractivity (Wildman–Crippen MR) is 87.3 cm³/mol. The highest BCUT2D eigenvalue weighted by atomic mass is 16.5. The zero-order chi connectivity index (χ0) is 16.1. The minimum absolute atomic E-state index is 0.256. The van der Waals surface area contributed by atoms with Crippen LogP contribution in [0.25, 0.3) is 10.8 Å². The van der Waals surface area contributed by atoms with E-state index in [1.165, 1.54) is 0 Å². The highest BCUT2D eigenvalue weighted by Crippen LogP contribution is 2.24. The van der Waals surface area contributed by atoms with Gasteiger partial charge in [-0.15, -0.1) is 0 Å². The Balaban J connectivity index is 1.55. The molecule has 0 radical (unpaired) electrons. The highest BCUT2D eigenvalue weighted by Gasteiger charge is 2.07. The molecule has 5 heteroatoms. The first-order chi connectivity index (χ1) is 11.3. The number of amides is 1. The number of hydrogen-bond acceptors (Lipinski definition) is 3. The van der Waals surface area contributed by atoms with E-state index in [1.54, 1.807) is 12.1 Å². The summed E-state index contributed by atoms with van der Waals surface area (Å²) in [6.45, 7) is 0.745. The molecule has 0 aliphatic heterocycles. The number of ether oxygens (including phenoxy) is 1. The van der Waals surface area contributed by atoms with Crippen molar-refractivity contribution in [3.05, 3.63) is 66.0 Å². The number of carbonyl (C=O) groups is 1. The maximum Gasteiger partial charge on any atom is 0.267 e. The van der Waals surface area contributed by atoms with E-state index < -0.39 is 0 Å². The van der Waals surface area contributed by atoms with Crippen LogP contribution in [0.2, 0.25) is 0 Å². The van der Waals surface area contributed by atoms with Crippen molar-refractivity contribution in [1.82, 2.24) is 10.3 Å². The molecular formula is C18H15N3O2. The van der Waals surface area contributed by atoms with Crippen molar-refractivity contribution < 1.29 is 9.53 Å². The van der Waals surface area contributed by atoms with E-state index in [9.17, 15) is 4.79 Å². The molecule has 0 atom stereocenters. The predicted octanol–water partition coefficient (Wildman–Crippen LogP) is 2.85. The highest BCUT2D eigenvalue weighted by molar-refractivity contribution is 5.92. The van der Waals surface area contributed by atoms with Gasteiger partial charge in [-0.25, -0.2) is 0 Å². The summed E-state index contributed by atoms with van der Waals surface area (Å²) < 4.78 is 5.75. The van der Waals surface area contributed by atoms with Gasteiger partial charge in [-0.2, -0.15) is 5.26 Å². The third kappa shape index (κ3) is 3.33. The van der Waals surface area contributed by atoms with Crippen molar-refractivity contribution in [1.29, 1.82) is 5.26 Å². The minimum Gasteiger partial charge on any atom is -0.491 e. The van der Waals surface area contributed by atoms with Crippen molar-refractivity contribution in [2.75, 3.05) is 13.2 Å². The Kier molecular flexibility index (Phi) is 4.25. The number of nitriles is 1. The van der Waals surface area contributed by atoms with Crippen LogP contribution in [0.4, 0.5) is 0 Å². The topological polar surface area (TPSA) is 77.9 Å². The first-order valence-electron chi connectivity index (χ1n) is 7.26. The zero-order valence-corrected chi connectivity index (χ0v) is 12.4. The molecule has 1 amide bonds. The second-order valence-electron chi connectivity index (χ2n) is 4.98. The number of carbonyl (C=O) groups excluding carboxylic acids is 1. The molecule has 2 aromatic carbocycles. The lowest BCUT2D eigenvalue weighted by atomic mass is 10.1. The van der Waals surface area contributed by atoms with Gasteiger partial charge in [-0.1, -0.05) is 36.4 Å². The molecule has 3 aromatic rings. The number of aromatic amines is 1. The lowest BCUT2D eigenvalue weighted by Gasteiger charge is -2.09. The summed E-state index contributed by atoms with van der Waals surface area (Å²) in [5.74, 6) is 0.539. The monoisotopic (exact) mass is 305 g/mol. The molecule has 5 nitrogen and oxygen atoms in total. The van der Waals surface area contributed by atoms with Gasteiger partial charge in [0.15, 0.2) is 0 Å². The summed E-state index contributed by atoms with van der Waals surface area (Å²) in [5, 5.41) is 13.6. The summed E-state index contributed by atoms with van der Waals surface area (Å²) in [5.41, 5.74) is 0.730. The van der Waals surface area contributed by atoms with Crippen LogP contribution in [0.5, 0.6) is 5.75 Å². The van der Waals surface area contributed by atoms with E-state index in [0.717, 1.165) is 16.5 Å². The van der Waals surface area contributed by atoms with Gasteiger partial charge >= 0.3 is 0 Å². The third-order valence-corrected chi connectivity index (χ3v) is 3.45. The first kappa shape index (κ1) is 14.7. The molecule has 0 aliphatic rings. The van der Waals surface area contributed by atoms with Crippen LogP contribution in [0.3, 0.4) is 0 Å². The smallest absolute Gasteiger partial charge is 0.267 e. The standard InChI is InChI=1S/C18H15N3O2/c19-12-14-8-9-16(21-14)18(22)20-10-11-23-17-7-3-5-13-4-1-2-6-15(13)17/h1-9,21H,10-11H2,(H,20,22). The molecule has 0 spiro atoms. The number of aromatic nitrogens is 1. The van der Waals surface area contributed by atoms with E-state index in [1.807, 2.05) is 48.5 Å². The summed E-state index contributed by atoms with van der Waals surface area (Å²) >= 11 is 0. The maximum absolute atomic E-state index is 11.9. The number of nitrogens with zero attached hydrogens (tertiary/aromatic N) is 1. The third-order valence-electron chi connectivity index (χ3n) is 3.45. The fourth-order valence-electron chi connectivity index (χ4n) is 2.34. The average molecular weight is 305 g/mol. The first-order valence-corrected chi connectivity index (χ1v) is 7.26. The van der Waals surface area contributed by atoms with Crippen LogP contribution >= 0.6 is 0 Å². The molecule has 0 fully saturated rings. The Morgan fingerprint density at radius 2 is 1.96 bits per heavy atom. The van der Waals surface area contributed by atoms with Crippen molar-refractivity contribution in [2.24, 2.45) is 0 Å². The van der Waals surface area contributed by atoms with Gasteiger partial charge in [0.2, 0.25) is 0 Å². The molecule has 0 saturated heterocycles. The Morgan fingerprint density at radius 3 is 2.78 bits per heavy atom. The Bertz CT molecular complexity index is 872. The summed E-state index contributed by atoms with van der Waals surface area (Å²) in [6, 6.07) is 19.0. The molecule has 0 unspecified atom stereocenters. The van der Waals surface area contributed by atoms with Gasteiger partial charge < -0.3 is 15.0 Å². The van der Waals surface area contributed by atoms with Gasteiger partial charge in [0.25, 0.3) is 5.91 Å². The average Bonchev–Trinajstić information content (AvgIpc) is 3.08. The second kappa shape index (κ2) is 6.67. The number of H-pyrrole nitrogens is 1. The molecule has 114 valence electrons. The van der Waals surface area contributed by atoms with Crippen LogP contribution in [-0.4, -0.2) is 24.0 Å². The summed E-state index contributed by atoms with van der Waals surface area (Å²) in [7, 11) is 0. The minimum atomic E-state index is -0.256. The molecule has 1 heterocycles. The van der Waals surface area contributed by atoms with Crippen molar-refractivity contribution in [3.8, 4) is 11.8 Å². The normalized spacial score (nSPS) is 10.2. The molecule has 0 bridgehead atoms. The van der Waals surface area contributed by atoms with E-state index >= 15 is 0 Å². The van der Waals surface area contributed by atoms with Gasteiger partial charge in [-0.3, -0.25) is 4.79 Å². The second-order valence-corrected chi connectivity index (χ2v) is 4.98. The number of nitrogens with one attached hydrogen (secondary N) is 2. The van der Waals surface area contributed by atoms with Crippen molar-refractivity contribution >= 4 is 16.7 Å². The molecule has 0 aliphatic carbocycles. The van der Waals surface area contributed by atoms with Crippen molar-refractivity contribution in [3.63, 3.8) is 0 Å². The Hall–Kier alpha value is -3.26. The molecule has 0 saturated carbocycles. The van der Waals surface area contributed by atoms with Gasteiger partial charge in [-0.05, 0) is 23.6 Å². The van der Waals surface area contributed by atoms with Crippen molar-refractivity contribution in [2.45, 2.75) is 0 Å². The quantitative estimate of drug-likeness (QED) is 0.711. The van der Waals surface area contributed by atoms with Gasteiger partial charge in [0.1, 0.15) is 29.8 Å². The summed E-state index contributed by atoms with van der Waals surface area (Å²) in [6.07, 6.45) is 0. The Labute approximate surface area is 133 Å². The number of rotatable bonds is 5. The van der Waals surface area contributed by atoms with Crippen LogP contribution in [0.1, 0.15) is 16.2 Å². The van der Waals surface area contributed by atoms with E-state index in [0.29, 0.717) is 24.5 Å². The number of benzene rings is 2. The Morgan fingerprint density at radius 1 is 1.13 bits per heavy atom. The molecule has 1 aromatic heterocycles. The number of fused-ring (bicyclic) bond motifs is 1. The fraction of sp³-hybridized carbons (Fsp3) is 0.111. The maximum atomic E-state index is 11.9. The zero-order valence-electron chi connectivity index (χ0n) is 12.4. The number of hydrogen-bond donors (Lipinski definition) is 2. The van der Waals surface area contributed by atoms with Crippen LogP contribution in [0, 0.1) is 11.3 Å². The fourth-order valence-corrected chi connectivity index (χ4v) is 2.34. The molecule has 2 N–H and O–H groups in total. The van der Waals surface area contributed by atoms with Crippen LogP contribution in [0.15, 0.2) is 54.6 Å². The molecule has 23 heavy (non-hydrogen) atoms. The van der Waals surface area contributed by atoms with Crippen LogP contribution in [-0.2, 0) is 0 Å². The van der Waals surface area contributed by atoms with Gasteiger partial charge in [0.05, 0.1) is 6.54 Å². The lowest BCUT2D eigenvalue weighted by molar-refractivity contribution is 0.0942.